The summed E-state index contributed by atoms with van der Waals surface area (Å²) in [7, 11) is -2.61. The highest BCUT2D eigenvalue weighted by Crippen LogP contribution is 2.28. The maximum Gasteiger partial charge on any atom is 0.293 e. The predicted octanol–water partition coefficient (Wildman–Crippen LogP) is 3.06. The van der Waals surface area contributed by atoms with Gasteiger partial charge in [-0.15, -0.1) is 11.8 Å². The predicted molar refractivity (Wildman–Crippen MR) is 96.6 cm³/mol. The van der Waals surface area contributed by atoms with Gasteiger partial charge in [-0.1, -0.05) is 18.2 Å². The SMILES string of the molecule is COc1ccc(S(=O)(=O)NCCCSc2ccccc2)c([N+](=O)[O-])c1. The van der Waals surface area contributed by atoms with Gasteiger partial charge in [0.2, 0.25) is 10.0 Å². The van der Waals surface area contributed by atoms with E-state index in [0.29, 0.717) is 6.42 Å². The molecule has 2 rings (SSSR count). The molecule has 0 aliphatic rings. The summed E-state index contributed by atoms with van der Waals surface area (Å²) in [5.41, 5.74) is -0.509. The Morgan fingerprint density at radius 2 is 1.92 bits per heavy atom. The van der Waals surface area contributed by atoms with Gasteiger partial charge in [0.1, 0.15) is 5.75 Å². The standard InChI is InChI=1S/C16H18N2O5S2/c1-23-13-8-9-16(15(12-13)18(19)20)25(21,22)17-10-5-11-24-14-6-3-2-4-7-14/h2-4,6-9,12,17H,5,10-11H2,1H3. The number of methoxy groups -OCH3 is 1. The Bertz CT molecular complexity index is 826. The summed E-state index contributed by atoms with van der Waals surface area (Å²) >= 11 is 1.62. The first-order chi connectivity index (χ1) is 11.9. The van der Waals surface area contributed by atoms with Crippen molar-refractivity contribution < 1.29 is 18.1 Å². The van der Waals surface area contributed by atoms with Crippen LogP contribution in [-0.2, 0) is 10.0 Å². The number of ether oxygens (including phenoxy) is 1. The van der Waals surface area contributed by atoms with Crippen LogP contribution in [0.5, 0.6) is 5.75 Å². The number of hydrogen-bond donors (Lipinski definition) is 1. The molecule has 0 heterocycles. The molecule has 25 heavy (non-hydrogen) atoms. The number of nitrogens with zero attached hydrogens (tertiary/aromatic N) is 1. The third-order valence-electron chi connectivity index (χ3n) is 3.28. The smallest absolute Gasteiger partial charge is 0.293 e. The van der Waals surface area contributed by atoms with Crippen molar-refractivity contribution in [2.24, 2.45) is 0 Å². The van der Waals surface area contributed by atoms with E-state index in [4.69, 9.17) is 4.74 Å². The van der Waals surface area contributed by atoms with E-state index in [0.717, 1.165) is 16.7 Å². The lowest BCUT2D eigenvalue weighted by Crippen LogP contribution is -2.25. The summed E-state index contributed by atoms with van der Waals surface area (Å²) < 4.78 is 32.0. The van der Waals surface area contributed by atoms with Crippen molar-refractivity contribution in [2.75, 3.05) is 19.4 Å². The lowest BCUT2D eigenvalue weighted by atomic mass is 10.3. The van der Waals surface area contributed by atoms with Crippen molar-refractivity contribution in [3.05, 3.63) is 58.6 Å². The minimum atomic E-state index is -3.96. The molecule has 7 nitrogen and oxygen atoms in total. The van der Waals surface area contributed by atoms with Crippen LogP contribution in [0.25, 0.3) is 0 Å². The maximum absolute atomic E-state index is 12.3. The van der Waals surface area contributed by atoms with Crippen LogP contribution in [0.15, 0.2) is 58.3 Å². The van der Waals surface area contributed by atoms with Crippen LogP contribution in [0.2, 0.25) is 0 Å². The second-order valence-corrected chi connectivity index (χ2v) is 7.91. The van der Waals surface area contributed by atoms with E-state index in [1.165, 1.54) is 19.2 Å². The van der Waals surface area contributed by atoms with Gasteiger partial charge in [0.25, 0.3) is 5.69 Å². The molecule has 0 unspecified atom stereocenters. The number of sulfonamides is 1. The fourth-order valence-corrected chi connectivity index (χ4v) is 4.16. The molecule has 2 aromatic rings. The average molecular weight is 382 g/mol. The van der Waals surface area contributed by atoms with Crippen molar-refractivity contribution in [3.63, 3.8) is 0 Å². The molecular weight excluding hydrogens is 364 g/mol. The van der Waals surface area contributed by atoms with Crippen LogP contribution in [0.1, 0.15) is 6.42 Å². The van der Waals surface area contributed by atoms with Gasteiger partial charge in [0.05, 0.1) is 18.1 Å². The summed E-state index contributed by atoms with van der Waals surface area (Å²) in [5.74, 6) is 0.960. The van der Waals surface area contributed by atoms with E-state index in [-0.39, 0.29) is 17.2 Å². The second kappa shape index (κ2) is 8.84. The largest absolute Gasteiger partial charge is 0.497 e. The van der Waals surface area contributed by atoms with Gasteiger partial charge in [-0.05, 0) is 36.4 Å². The summed E-state index contributed by atoms with van der Waals surface area (Å²) in [5, 5.41) is 11.1. The number of nitrogens with one attached hydrogen (secondary N) is 1. The Morgan fingerprint density at radius 3 is 2.56 bits per heavy atom. The molecule has 0 fully saturated rings. The molecule has 134 valence electrons. The third kappa shape index (κ3) is 5.45. The first-order valence-corrected chi connectivity index (χ1v) is 9.91. The molecule has 0 aromatic heterocycles. The lowest BCUT2D eigenvalue weighted by molar-refractivity contribution is -0.387. The molecule has 0 radical (unpaired) electrons. The number of nitro groups is 1. The highest BCUT2D eigenvalue weighted by molar-refractivity contribution is 7.99. The quantitative estimate of drug-likeness (QED) is 0.310. The van der Waals surface area contributed by atoms with E-state index in [1.807, 2.05) is 30.3 Å². The molecule has 0 bridgehead atoms. The Balaban J connectivity index is 1.96. The number of nitro benzene ring substituents is 1. The zero-order valence-corrected chi connectivity index (χ0v) is 15.2. The molecule has 0 spiro atoms. The monoisotopic (exact) mass is 382 g/mol. The first kappa shape index (κ1) is 19.2. The Morgan fingerprint density at radius 1 is 1.20 bits per heavy atom. The van der Waals surface area contributed by atoms with Crippen LogP contribution >= 0.6 is 11.8 Å². The van der Waals surface area contributed by atoms with Crippen molar-refractivity contribution >= 4 is 27.5 Å². The minimum Gasteiger partial charge on any atom is -0.497 e. The number of rotatable bonds is 9. The van der Waals surface area contributed by atoms with Crippen LogP contribution < -0.4 is 9.46 Å². The molecular formula is C16H18N2O5S2. The van der Waals surface area contributed by atoms with Gasteiger partial charge < -0.3 is 4.74 Å². The van der Waals surface area contributed by atoms with Crippen molar-refractivity contribution in [3.8, 4) is 5.75 Å². The highest BCUT2D eigenvalue weighted by Gasteiger charge is 2.26. The molecule has 0 saturated heterocycles. The molecule has 0 saturated carbocycles. The summed E-state index contributed by atoms with van der Waals surface area (Å²) in [6.45, 7) is 0.200. The fraction of sp³-hybridized carbons (Fsp3) is 0.250. The summed E-state index contributed by atoms with van der Waals surface area (Å²) in [4.78, 5) is 11.1. The normalized spacial score (nSPS) is 11.2. The first-order valence-electron chi connectivity index (χ1n) is 7.44. The number of thioether (sulfide) groups is 1. The molecule has 0 aliphatic carbocycles. The topological polar surface area (TPSA) is 98.5 Å². The second-order valence-electron chi connectivity index (χ2n) is 5.00. The summed E-state index contributed by atoms with van der Waals surface area (Å²) in [6, 6.07) is 13.4. The molecule has 0 amide bonds. The Hall–Kier alpha value is -2.10. The van der Waals surface area contributed by atoms with Gasteiger partial charge >= 0.3 is 0 Å². The minimum absolute atomic E-state index is 0.200. The van der Waals surface area contributed by atoms with E-state index in [1.54, 1.807) is 11.8 Å². The molecule has 1 N–H and O–H groups in total. The van der Waals surface area contributed by atoms with Gasteiger partial charge in [-0.2, -0.15) is 0 Å². The van der Waals surface area contributed by atoms with Crippen molar-refractivity contribution in [1.29, 1.82) is 0 Å². The van der Waals surface area contributed by atoms with Gasteiger partial charge in [0.15, 0.2) is 4.90 Å². The third-order valence-corrected chi connectivity index (χ3v) is 5.88. The number of hydrogen-bond acceptors (Lipinski definition) is 6. The average Bonchev–Trinajstić information content (AvgIpc) is 2.61. The van der Waals surface area contributed by atoms with Crippen molar-refractivity contribution in [1.82, 2.24) is 4.72 Å². The Labute approximate surface area is 150 Å². The van der Waals surface area contributed by atoms with Gasteiger partial charge in [0, 0.05) is 11.4 Å². The van der Waals surface area contributed by atoms with Gasteiger partial charge in [-0.3, -0.25) is 10.1 Å². The van der Waals surface area contributed by atoms with E-state index >= 15 is 0 Å². The maximum atomic E-state index is 12.3. The highest BCUT2D eigenvalue weighted by atomic mass is 32.2. The molecule has 9 heteroatoms. The zero-order chi connectivity index (χ0) is 18.3. The van der Waals surface area contributed by atoms with E-state index in [2.05, 4.69) is 4.72 Å². The van der Waals surface area contributed by atoms with Crippen LogP contribution in [-0.4, -0.2) is 32.7 Å². The number of benzene rings is 2. The van der Waals surface area contributed by atoms with Crippen molar-refractivity contribution in [2.45, 2.75) is 16.2 Å². The van der Waals surface area contributed by atoms with Gasteiger partial charge in [-0.25, -0.2) is 13.1 Å². The van der Waals surface area contributed by atoms with E-state index < -0.39 is 20.6 Å². The molecule has 0 atom stereocenters. The Kier molecular flexibility index (Phi) is 6.80. The van der Waals surface area contributed by atoms with Crippen LogP contribution in [0, 0.1) is 10.1 Å². The fourth-order valence-electron chi connectivity index (χ4n) is 2.06. The van der Waals surface area contributed by atoms with E-state index in [9.17, 15) is 18.5 Å². The van der Waals surface area contributed by atoms with Crippen LogP contribution in [0.4, 0.5) is 5.69 Å². The zero-order valence-electron chi connectivity index (χ0n) is 13.5. The molecule has 0 aliphatic heterocycles. The summed E-state index contributed by atoms with van der Waals surface area (Å²) in [6.07, 6.45) is 0.600. The lowest BCUT2D eigenvalue weighted by Gasteiger charge is -2.08. The van der Waals surface area contributed by atoms with Crippen LogP contribution in [0.3, 0.4) is 0 Å². The molecule has 2 aromatic carbocycles.